The molecule has 0 saturated heterocycles. The van der Waals surface area contributed by atoms with Gasteiger partial charge in [0.05, 0.1) is 13.7 Å². The summed E-state index contributed by atoms with van der Waals surface area (Å²) in [4.78, 5) is 25.2. The summed E-state index contributed by atoms with van der Waals surface area (Å²) in [6.45, 7) is 4.40. The van der Waals surface area contributed by atoms with Gasteiger partial charge in [0.2, 0.25) is 0 Å². The lowest BCUT2D eigenvalue weighted by Crippen LogP contribution is -3.13. The topological polar surface area (TPSA) is 71.9 Å². The molecule has 0 fully saturated rings. The van der Waals surface area contributed by atoms with Gasteiger partial charge in [-0.2, -0.15) is 0 Å². The summed E-state index contributed by atoms with van der Waals surface area (Å²) in [7, 11) is 1.56. The normalized spacial score (nSPS) is 11.6. The molecule has 1 atom stereocenters. The van der Waals surface area contributed by atoms with Crippen LogP contribution in [-0.2, 0) is 9.59 Å². The molecule has 27 heavy (non-hydrogen) atoms. The van der Waals surface area contributed by atoms with Gasteiger partial charge in [-0.25, -0.2) is 4.39 Å². The smallest absolute Gasteiger partial charge is 0.279 e. The van der Waals surface area contributed by atoms with E-state index in [1.54, 1.807) is 50.4 Å². The van der Waals surface area contributed by atoms with E-state index in [9.17, 15) is 14.0 Å². The number of aryl methyl sites for hydroxylation is 1. The molecule has 0 radical (unpaired) electrons. The summed E-state index contributed by atoms with van der Waals surface area (Å²) in [6.07, 6.45) is 0. The molecule has 3 N–H and O–H groups in total. The van der Waals surface area contributed by atoms with E-state index >= 15 is 0 Å². The lowest BCUT2D eigenvalue weighted by molar-refractivity contribution is -0.881. The van der Waals surface area contributed by atoms with Gasteiger partial charge in [-0.1, -0.05) is 12.1 Å². The molecule has 0 aliphatic rings. The number of halogens is 1. The first-order valence-electron chi connectivity index (χ1n) is 8.74. The van der Waals surface area contributed by atoms with Gasteiger partial charge in [0.15, 0.2) is 13.1 Å². The lowest BCUT2D eigenvalue weighted by atomic mass is 10.2. The Balaban J connectivity index is 1.88. The highest BCUT2D eigenvalue weighted by atomic mass is 19.1. The lowest BCUT2D eigenvalue weighted by Gasteiger charge is -2.17. The third kappa shape index (κ3) is 6.38. The van der Waals surface area contributed by atoms with Gasteiger partial charge in [0.25, 0.3) is 11.8 Å². The van der Waals surface area contributed by atoms with Crippen LogP contribution in [0.3, 0.4) is 0 Å². The third-order valence-corrected chi connectivity index (χ3v) is 4.13. The average molecular weight is 374 g/mol. The maximum Gasteiger partial charge on any atom is 0.279 e. The predicted molar refractivity (Wildman–Crippen MR) is 103 cm³/mol. The standard InChI is InChI=1S/C20H24FN3O3/c1-4-24(12-19(25)22-15-6-5-7-17(10-15)27-3)13-20(26)23-16-9-8-14(2)18(21)11-16/h5-11H,4,12-13H2,1-3H3,(H,22,25)(H,23,26)/p+1. The summed E-state index contributed by atoms with van der Waals surface area (Å²) in [6, 6.07) is 11.6. The van der Waals surface area contributed by atoms with Crippen molar-refractivity contribution >= 4 is 23.2 Å². The Kier molecular flexibility index (Phi) is 7.31. The summed E-state index contributed by atoms with van der Waals surface area (Å²) in [5.41, 5.74) is 1.55. The maximum atomic E-state index is 13.6. The number of hydrogen-bond acceptors (Lipinski definition) is 3. The Hall–Kier alpha value is -2.93. The largest absolute Gasteiger partial charge is 0.497 e. The number of nitrogens with one attached hydrogen (secondary N) is 3. The second-order valence-electron chi connectivity index (χ2n) is 6.25. The van der Waals surface area contributed by atoms with Crippen LogP contribution in [0.25, 0.3) is 0 Å². The van der Waals surface area contributed by atoms with Crippen LogP contribution in [0.5, 0.6) is 5.75 Å². The first-order valence-corrected chi connectivity index (χ1v) is 8.74. The molecule has 0 aliphatic carbocycles. The van der Waals surface area contributed by atoms with E-state index in [1.165, 1.54) is 6.07 Å². The van der Waals surface area contributed by atoms with Crippen LogP contribution >= 0.6 is 0 Å². The van der Waals surface area contributed by atoms with Crippen LogP contribution in [0, 0.1) is 12.7 Å². The highest BCUT2D eigenvalue weighted by Crippen LogP contribution is 2.16. The third-order valence-electron chi connectivity index (χ3n) is 4.13. The van der Waals surface area contributed by atoms with E-state index in [4.69, 9.17) is 4.74 Å². The van der Waals surface area contributed by atoms with Crippen molar-refractivity contribution in [2.45, 2.75) is 13.8 Å². The number of methoxy groups -OCH3 is 1. The van der Waals surface area contributed by atoms with Crippen molar-refractivity contribution in [3.05, 3.63) is 53.8 Å². The van der Waals surface area contributed by atoms with Crippen LogP contribution in [0.4, 0.5) is 15.8 Å². The van der Waals surface area contributed by atoms with Gasteiger partial charge in [0.1, 0.15) is 11.6 Å². The molecule has 2 aromatic carbocycles. The average Bonchev–Trinajstić information content (AvgIpc) is 2.64. The quantitative estimate of drug-likeness (QED) is 0.658. The minimum Gasteiger partial charge on any atom is -0.497 e. The number of carbonyl (C=O) groups is 2. The molecular weight excluding hydrogens is 349 g/mol. The van der Waals surface area contributed by atoms with Crippen molar-refractivity contribution in [3.8, 4) is 5.75 Å². The van der Waals surface area contributed by atoms with E-state index in [2.05, 4.69) is 10.6 Å². The molecule has 2 rings (SSSR count). The molecule has 0 heterocycles. The molecule has 1 unspecified atom stereocenters. The van der Waals surface area contributed by atoms with Gasteiger partial charge in [-0.05, 0) is 43.7 Å². The zero-order chi connectivity index (χ0) is 19.8. The van der Waals surface area contributed by atoms with Crippen molar-refractivity contribution in [2.75, 3.05) is 37.4 Å². The zero-order valence-corrected chi connectivity index (χ0v) is 15.8. The minimum atomic E-state index is -0.370. The van der Waals surface area contributed by atoms with Crippen LogP contribution < -0.4 is 20.3 Å². The van der Waals surface area contributed by atoms with Crippen LogP contribution in [0.2, 0.25) is 0 Å². The van der Waals surface area contributed by atoms with Gasteiger partial charge < -0.3 is 20.3 Å². The van der Waals surface area contributed by atoms with Gasteiger partial charge in [0, 0.05) is 17.4 Å². The molecule has 2 amide bonds. The monoisotopic (exact) mass is 374 g/mol. The van der Waals surface area contributed by atoms with E-state index < -0.39 is 0 Å². The van der Waals surface area contributed by atoms with Crippen molar-refractivity contribution in [1.82, 2.24) is 0 Å². The molecule has 0 spiro atoms. The zero-order valence-electron chi connectivity index (χ0n) is 15.8. The fourth-order valence-electron chi connectivity index (χ4n) is 2.55. The predicted octanol–water partition coefficient (Wildman–Crippen LogP) is 1.62. The Morgan fingerprint density at radius 2 is 1.67 bits per heavy atom. The fraction of sp³-hybridized carbons (Fsp3) is 0.300. The SMILES string of the molecule is CC[NH+](CC(=O)Nc1cccc(OC)c1)CC(=O)Nc1ccc(C)c(F)c1. The second-order valence-corrected chi connectivity index (χ2v) is 6.25. The first kappa shape index (κ1) is 20.4. The molecule has 2 aromatic rings. The fourth-order valence-corrected chi connectivity index (χ4v) is 2.55. The number of amides is 2. The summed E-state index contributed by atoms with van der Waals surface area (Å²) < 4.78 is 18.7. The Morgan fingerprint density at radius 1 is 1.04 bits per heavy atom. The van der Waals surface area contributed by atoms with Crippen molar-refractivity contribution in [1.29, 1.82) is 0 Å². The van der Waals surface area contributed by atoms with Crippen LogP contribution in [0.1, 0.15) is 12.5 Å². The molecule has 144 valence electrons. The first-order chi connectivity index (χ1) is 12.9. The van der Waals surface area contributed by atoms with Gasteiger partial charge in [-0.15, -0.1) is 0 Å². The molecule has 0 bridgehead atoms. The molecule has 0 aromatic heterocycles. The number of carbonyl (C=O) groups excluding carboxylic acids is 2. The maximum absolute atomic E-state index is 13.6. The molecule has 0 aliphatic heterocycles. The Bertz CT molecular complexity index is 811. The minimum absolute atomic E-state index is 0.109. The number of benzene rings is 2. The van der Waals surface area contributed by atoms with E-state index in [1.807, 2.05) is 6.92 Å². The summed E-state index contributed by atoms with van der Waals surface area (Å²) in [5.74, 6) is -0.194. The highest BCUT2D eigenvalue weighted by Gasteiger charge is 2.17. The number of anilines is 2. The molecule has 7 heteroatoms. The number of likely N-dealkylation sites (N-methyl/N-ethyl adjacent to an activating group) is 1. The van der Waals surface area contributed by atoms with Crippen LogP contribution in [-0.4, -0.2) is 38.6 Å². The van der Waals surface area contributed by atoms with Crippen molar-refractivity contribution in [2.24, 2.45) is 0 Å². The highest BCUT2D eigenvalue weighted by molar-refractivity contribution is 5.93. The van der Waals surface area contributed by atoms with Gasteiger partial charge in [-0.3, -0.25) is 9.59 Å². The Morgan fingerprint density at radius 3 is 2.22 bits per heavy atom. The van der Waals surface area contributed by atoms with Gasteiger partial charge >= 0.3 is 0 Å². The molecular formula is C20H25FN3O3+. The number of quaternary nitrogens is 1. The van der Waals surface area contributed by atoms with E-state index in [0.717, 1.165) is 4.90 Å². The second kappa shape index (κ2) is 9.68. The van der Waals surface area contributed by atoms with E-state index in [-0.39, 0.29) is 30.7 Å². The Labute approximate surface area is 158 Å². The summed E-state index contributed by atoms with van der Waals surface area (Å²) in [5, 5.41) is 5.46. The molecule has 6 nitrogen and oxygen atoms in total. The number of rotatable bonds is 8. The van der Waals surface area contributed by atoms with Crippen LogP contribution in [0.15, 0.2) is 42.5 Å². The van der Waals surface area contributed by atoms with Crippen molar-refractivity contribution in [3.63, 3.8) is 0 Å². The van der Waals surface area contributed by atoms with E-state index in [0.29, 0.717) is 29.2 Å². The number of ether oxygens (including phenoxy) is 1. The molecule has 0 saturated carbocycles. The number of hydrogen-bond donors (Lipinski definition) is 3. The van der Waals surface area contributed by atoms with Crippen molar-refractivity contribution < 1.29 is 23.6 Å². The summed E-state index contributed by atoms with van der Waals surface area (Å²) >= 11 is 0.